The maximum Gasteiger partial charge on any atom is 0.229 e. The molecule has 1 atom stereocenters. The van der Waals surface area contributed by atoms with Gasteiger partial charge in [0, 0.05) is 38.2 Å². The molecule has 3 rings (SSSR count). The molecule has 1 aromatic heterocycles. The number of nitrogens with zero attached hydrogens (tertiary/aromatic N) is 3. The van der Waals surface area contributed by atoms with E-state index in [4.69, 9.17) is 0 Å². The molecule has 0 aromatic carbocycles. The van der Waals surface area contributed by atoms with Gasteiger partial charge in [0.05, 0.1) is 11.9 Å². The Morgan fingerprint density at radius 3 is 2.68 bits per heavy atom. The zero-order chi connectivity index (χ0) is 15.5. The molecule has 2 fully saturated rings. The number of rotatable bonds is 3. The predicted octanol–water partition coefficient (Wildman–Crippen LogP) is 2.46. The van der Waals surface area contributed by atoms with Crippen LogP contribution in [0.15, 0.2) is 18.3 Å². The van der Waals surface area contributed by atoms with Gasteiger partial charge in [-0.25, -0.2) is 4.98 Å². The summed E-state index contributed by atoms with van der Waals surface area (Å²) in [5.74, 6) is 0.745. The average molecular weight is 319 g/mol. The Morgan fingerprint density at radius 1 is 1.27 bits per heavy atom. The van der Waals surface area contributed by atoms with Gasteiger partial charge in [-0.1, -0.05) is 11.8 Å². The first-order valence-corrected chi connectivity index (χ1v) is 8.70. The highest BCUT2D eigenvalue weighted by Crippen LogP contribution is 2.28. The Balaban J connectivity index is 1.67. The highest BCUT2D eigenvalue weighted by Gasteiger charge is 2.32. The molecular formula is C16H21N3O2S. The van der Waals surface area contributed by atoms with Crippen LogP contribution < -0.4 is 9.80 Å². The van der Waals surface area contributed by atoms with E-state index in [1.165, 1.54) is 31.0 Å². The van der Waals surface area contributed by atoms with Gasteiger partial charge < -0.3 is 4.90 Å². The number of carbonyl (C=O) groups is 2. The number of anilines is 2. The summed E-state index contributed by atoms with van der Waals surface area (Å²) >= 11 is 1.25. The lowest BCUT2D eigenvalue weighted by molar-refractivity contribution is -0.117. The minimum absolute atomic E-state index is 0.0496. The fourth-order valence-electron chi connectivity index (χ4n) is 3.09. The van der Waals surface area contributed by atoms with Crippen molar-refractivity contribution in [3.05, 3.63) is 18.3 Å². The lowest BCUT2D eigenvalue weighted by atomic mass is 10.1. The number of pyridine rings is 1. The summed E-state index contributed by atoms with van der Waals surface area (Å²) in [6.45, 7) is 4.28. The Kier molecular flexibility index (Phi) is 4.66. The SMILES string of the molecule is CC(=O)SC1CC(=O)N(c2ccc(N3CCCCC3)cn2)C1. The number of amides is 1. The number of piperidine rings is 1. The molecule has 22 heavy (non-hydrogen) atoms. The van der Waals surface area contributed by atoms with E-state index in [0.717, 1.165) is 18.8 Å². The van der Waals surface area contributed by atoms with Gasteiger partial charge in [0.1, 0.15) is 5.82 Å². The Hall–Kier alpha value is -1.56. The van der Waals surface area contributed by atoms with Gasteiger partial charge in [0.15, 0.2) is 5.12 Å². The first-order valence-electron chi connectivity index (χ1n) is 7.82. The van der Waals surface area contributed by atoms with Gasteiger partial charge in [-0.2, -0.15) is 0 Å². The summed E-state index contributed by atoms with van der Waals surface area (Å²) in [5, 5.41) is 0.113. The second-order valence-electron chi connectivity index (χ2n) is 5.86. The molecule has 0 radical (unpaired) electrons. The van der Waals surface area contributed by atoms with Gasteiger partial charge in [-0.05, 0) is 31.4 Å². The molecule has 1 aromatic rings. The van der Waals surface area contributed by atoms with Crippen molar-refractivity contribution in [1.29, 1.82) is 0 Å². The van der Waals surface area contributed by atoms with E-state index in [-0.39, 0.29) is 16.3 Å². The highest BCUT2D eigenvalue weighted by molar-refractivity contribution is 8.14. The number of hydrogen-bond acceptors (Lipinski definition) is 5. The van der Waals surface area contributed by atoms with Crippen LogP contribution >= 0.6 is 11.8 Å². The van der Waals surface area contributed by atoms with E-state index in [1.807, 2.05) is 18.3 Å². The standard InChI is InChI=1S/C16H21N3O2S/c1-12(20)22-14-9-16(21)19(11-14)15-6-5-13(10-17-15)18-7-3-2-4-8-18/h5-6,10,14H,2-4,7-9,11H2,1H3. The average Bonchev–Trinajstić information content (AvgIpc) is 2.88. The van der Waals surface area contributed by atoms with E-state index in [2.05, 4.69) is 9.88 Å². The fraction of sp³-hybridized carbons (Fsp3) is 0.562. The molecule has 5 nitrogen and oxygen atoms in total. The van der Waals surface area contributed by atoms with E-state index in [9.17, 15) is 9.59 Å². The van der Waals surface area contributed by atoms with Crippen molar-refractivity contribution in [2.75, 3.05) is 29.4 Å². The third-order valence-electron chi connectivity index (χ3n) is 4.15. The fourth-order valence-corrected chi connectivity index (χ4v) is 4.01. The zero-order valence-electron chi connectivity index (χ0n) is 12.8. The first kappa shape index (κ1) is 15.3. The maximum atomic E-state index is 12.1. The molecule has 0 bridgehead atoms. The summed E-state index contributed by atoms with van der Waals surface area (Å²) < 4.78 is 0. The second kappa shape index (κ2) is 6.69. The van der Waals surface area contributed by atoms with E-state index in [0.29, 0.717) is 18.8 Å². The van der Waals surface area contributed by atoms with Crippen molar-refractivity contribution < 1.29 is 9.59 Å². The van der Waals surface area contributed by atoms with Crippen molar-refractivity contribution in [3.8, 4) is 0 Å². The predicted molar refractivity (Wildman–Crippen MR) is 89.3 cm³/mol. The number of thioether (sulfide) groups is 1. The van der Waals surface area contributed by atoms with Gasteiger partial charge >= 0.3 is 0 Å². The summed E-state index contributed by atoms with van der Waals surface area (Å²) in [5.41, 5.74) is 1.13. The molecule has 2 aliphatic heterocycles. The summed E-state index contributed by atoms with van der Waals surface area (Å²) in [7, 11) is 0. The molecule has 0 N–H and O–H groups in total. The van der Waals surface area contributed by atoms with Crippen molar-refractivity contribution in [3.63, 3.8) is 0 Å². The topological polar surface area (TPSA) is 53.5 Å². The molecular weight excluding hydrogens is 298 g/mol. The summed E-state index contributed by atoms with van der Waals surface area (Å²) in [6, 6.07) is 3.97. The molecule has 2 saturated heterocycles. The van der Waals surface area contributed by atoms with Crippen LogP contribution in [0, 0.1) is 0 Å². The van der Waals surface area contributed by atoms with Crippen LogP contribution in [0.25, 0.3) is 0 Å². The molecule has 0 saturated carbocycles. The van der Waals surface area contributed by atoms with E-state index in [1.54, 1.807) is 11.8 Å². The van der Waals surface area contributed by atoms with Gasteiger partial charge in [-0.3, -0.25) is 14.5 Å². The Morgan fingerprint density at radius 2 is 2.05 bits per heavy atom. The number of hydrogen-bond donors (Lipinski definition) is 0. The lowest BCUT2D eigenvalue weighted by Gasteiger charge is -2.28. The maximum absolute atomic E-state index is 12.1. The van der Waals surface area contributed by atoms with Crippen LogP contribution in [0.3, 0.4) is 0 Å². The van der Waals surface area contributed by atoms with Crippen LogP contribution in [-0.4, -0.2) is 40.9 Å². The molecule has 2 aliphatic rings. The van der Waals surface area contributed by atoms with Gasteiger partial charge in [0.2, 0.25) is 5.91 Å². The molecule has 6 heteroatoms. The van der Waals surface area contributed by atoms with Crippen molar-refractivity contribution in [1.82, 2.24) is 4.98 Å². The zero-order valence-corrected chi connectivity index (χ0v) is 13.6. The molecule has 0 spiro atoms. The smallest absolute Gasteiger partial charge is 0.229 e. The largest absolute Gasteiger partial charge is 0.370 e. The monoisotopic (exact) mass is 319 g/mol. The molecule has 0 aliphatic carbocycles. The van der Waals surface area contributed by atoms with Crippen LogP contribution in [0.2, 0.25) is 0 Å². The number of aromatic nitrogens is 1. The molecule has 3 heterocycles. The normalized spacial score (nSPS) is 22.2. The van der Waals surface area contributed by atoms with Crippen molar-refractivity contribution in [2.45, 2.75) is 37.9 Å². The van der Waals surface area contributed by atoms with Crippen LogP contribution in [-0.2, 0) is 9.59 Å². The summed E-state index contributed by atoms with van der Waals surface area (Å²) in [6.07, 6.45) is 6.05. The summed E-state index contributed by atoms with van der Waals surface area (Å²) in [4.78, 5) is 31.8. The van der Waals surface area contributed by atoms with Crippen LogP contribution in [0.4, 0.5) is 11.5 Å². The second-order valence-corrected chi connectivity index (χ2v) is 7.34. The lowest BCUT2D eigenvalue weighted by Crippen LogP contribution is -2.30. The molecule has 118 valence electrons. The molecule has 1 unspecified atom stereocenters. The Bertz CT molecular complexity index is 555. The minimum atomic E-state index is 0.0496. The minimum Gasteiger partial charge on any atom is -0.370 e. The third-order valence-corrected chi connectivity index (χ3v) is 5.13. The van der Waals surface area contributed by atoms with E-state index < -0.39 is 0 Å². The third kappa shape index (κ3) is 3.43. The van der Waals surface area contributed by atoms with Crippen LogP contribution in [0.1, 0.15) is 32.6 Å². The quantitative estimate of drug-likeness (QED) is 0.856. The van der Waals surface area contributed by atoms with Crippen molar-refractivity contribution in [2.24, 2.45) is 0 Å². The number of carbonyl (C=O) groups excluding carboxylic acids is 2. The molecule has 1 amide bonds. The Labute approximate surface area is 135 Å². The highest BCUT2D eigenvalue weighted by atomic mass is 32.2. The van der Waals surface area contributed by atoms with Gasteiger partial charge in [0.25, 0.3) is 0 Å². The van der Waals surface area contributed by atoms with Crippen LogP contribution in [0.5, 0.6) is 0 Å². The van der Waals surface area contributed by atoms with E-state index >= 15 is 0 Å². The van der Waals surface area contributed by atoms with Crippen molar-refractivity contribution >= 4 is 34.3 Å². The van der Waals surface area contributed by atoms with Gasteiger partial charge in [-0.15, -0.1) is 0 Å². The first-order chi connectivity index (χ1) is 10.6.